The largest absolute Gasteiger partial charge is 0.505 e. The Kier molecular flexibility index (Phi) is 4.71. The van der Waals surface area contributed by atoms with E-state index in [-0.39, 0.29) is 11.7 Å². The lowest BCUT2D eigenvalue weighted by atomic mass is 9.96. The molecule has 0 atom stereocenters. The van der Waals surface area contributed by atoms with Gasteiger partial charge in [-0.15, -0.1) is 0 Å². The fourth-order valence-corrected chi connectivity index (χ4v) is 3.79. The second kappa shape index (κ2) is 6.75. The van der Waals surface area contributed by atoms with Gasteiger partial charge in [0.25, 0.3) is 5.91 Å². The summed E-state index contributed by atoms with van der Waals surface area (Å²) in [5.74, 6) is 0.429. The Hall–Kier alpha value is -1.81. The lowest BCUT2D eigenvalue weighted by molar-refractivity contribution is 0.102. The summed E-state index contributed by atoms with van der Waals surface area (Å²) in [6.45, 7) is 1.92. The number of benzene rings is 2. The van der Waals surface area contributed by atoms with E-state index in [9.17, 15) is 9.90 Å². The van der Waals surface area contributed by atoms with E-state index in [1.165, 1.54) is 31.2 Å². The maximum Gasteiger partial charge on any atom is 0.255 e. The smallest absolute Gasteiger partial charge is 0.255 e. The molecule has 0 spiro atoms. The highest BCUT2D eigenvalue weighted by atomic mass is 79.9. The molecule has 2 N–H and O–H groups in total. The average Bonchev–Trinajstić information content (AvgIpc) is 3.06. The number of halogens is 1. The van der Waals surface area contributed by atoms with E-state index < -0.39 is 0 Å². The number of carbonyl (C=O) groups excluding carboxylic acids is 1. The number of aryl methyl sites for hydroxylation is 1. The molecule has 23 heavy (non-hydrogen) atoms. The van der Waals surface area contributed by atoms with Crippen LogP contribution in [0.15, 0.2) is 40.9 Å². The van der Waals surface area contributed by atoms with E-state index in [1.54, 1.807) is 6.07 Å². The molecule has 3 nitrogen and oxygen atoms in total. The van der Waals surface area contributed by atoms with Gasteiger partial charge in [-0.3, -0.25) is 4.79 Å². The molecule has 1 amide bonds. The van der Waals surface area contributed by atoms with Crippen LogP contribution in [0.1, 0.15) is 53.1 Å². The molecule has 1 aliphatic rings. The molecule has 1 saturated carbocycles. The molecule has 1 aliphatic carbocycles. The fourth-order valence-electron chi connectivity index (χ4n) is 3.22. The van der Waals surface area contributed by atoms with Gasteiger partial charge in [-0.05, 0) is 77.0 Å². The number of hydrogen-bond donors (Lipinski definition) is 2. The van der Waals surface area contributed by atoms with Crippen molar-refractivity contribution in [2.24, 2.45) is 0 Å². The molecule has 2 aromatic rings. The Labute approximate surface area is 144 Å². The lowest BCUT2D eigenvalue weighted by Crippen LogP contribution is -2.12. The molecule has 0 saturated heterocycles. The molecular weight excluding hydrogens is 354 g/mol. The summed E-state index contributed by atoms with van der Waals surface area (Å²) < 4.78 is 0.576. The minimum absolute atomic E-state index is 0.0518. The molecule has 0 aliphatic heterocycles. The molecular formula is C19H20BrNO2. The highest BCUT2D eigenvalue weighted by Gasteiger charge is 2.18. The SMILES string of the molecule is Cc1cc(Br)c(O)c(NC(=O)c2cccc(C3CCCC3)c2)c1. The van der Waals surface area contributed by atoms with Crippen LogP contribution in [0.3, 0.4) is 0 Å². The molecule has 0 bridgehead atoms. The Balaban J connectivity index is 1.82. The molecule has 1 fully saturated rings. The van der Waals surface area contributed by atoms with Gasteiger partial charge in [0.2, 0.25) is 0 Å². The molecule has 3 rings (SSSR count). The van der Waals surface area contributed by atoms with Gasteiger partial charge in [-0.2, -0.15) is 0 Å². The monoisotopic (exact) mass is 373 g/mol. The van der Waals surface area contributed by atoms with Crippen LogP contribution in [0.5, 0.6) is 5.75 Å². The summed E-state index contributed by atoms with van der Waals surface area (Å²) in [6, 6.07) is 11.4. The van der Waals surface area contributed by atoms with Crippen LogP contribution in [-0.2, 0) is 0 Å². The van der Waals surface area contributed by atoms with E-state index >= 15 is 0 Å². The third-order valence-corrected chi connectivity index (χ3v) is 5.04. The molecule has 4 heteroatoms. The number of hydrogen-bond acceptors (Lipinski definition) is 2. The maximum atomic E-state index is 12.5. The van der Waals surface area contributed by atoms with Crippen LogP contribution in [-0.4, -0.2) is 11.0 Å². The number of aromatic hydroxyl groups is 1. The minimum atomic E-state index is -0.197. The van der Waals surface area contributed by atoms with Crippen LogP contribution in [0, 0.1) is 6.92 Å². The average molecular weight is 374 g/mol. The van der Waals surface area contributed by atoms with Crippen molar-refractivity contribution in [3.63, 3.8) is 0 Å². The zero-order valence-electron chi connectivity index (χ0n) is 13.1. The first-order valence-corrected chi connectivity index (χ1v) is 8.74. The second-order valence-corrected chi connectivity index (χ2v) is 7.06. The number of nitrogens with one attached hydrogen (secondary N) is 1. The van der Waals surface area contributed by atoms with Crippen molar-refractivity contribution < 1.29 is 9.90 Å². The summed E-state index contributed by atoms with van der Waals surface area (Å²) in [7, 11) is 0. The van der Waals surface area contributed by atoms with Crippen LogP contribution in [0.25, 0.3) is 0 Å². The Bertz CT molecular complexity index is 736. The number of carbonyl (C=O) groups is 1. The van der Waals surface area contributed by atoms with Crippen molar-refractivity contribution in [2.45, 2.75) is 38.5 Å². The Morgan fingerprint density at radius 2 is 1.96 bits per heavy atom. The summed E-state index contributed by atoms with van der Waals surface area (Å²) in [6.07, 6.45) is 4.95. The highest BCUT2D eigenvalue weighted by molar-refractivity contribution is 9.10. The van der Waals surface area contributed by atoms with Crippen LogP contribution in [0.4, 0.5) is 5.69 Å². The summed E-state index contributed by atoms with van der Waals surface area (Å²) >= 11 is 3.30. The predicted molar refractivity (Wildman–Crippen MR) is 96.1 cm³/mol. The van der Waals surface area contributed by atoms with Gasteiger partial charge in [0.05, 0.1) is 10.2 Å². The van der Waals surface area contributed by atoms with E-state index in [2.05, 4.69) is 27.3 Å². The highest BCUT2D eigenvalue weighted by Crippen LogP contribution is 2.35. The number of anilines is 1. The van der Waals surface area contributed by atoms with Crippen molar-refractivity contribution in [2.75, 3.05) is 5.32 Å². The third-order valence-electron chi connectivity index (χ3n) is 4.43. The Morgan fingerprint density at radius 1 is 1.22 bits per heavy atom. The van der Waals surface area contributed by atoms with Gasteiger partial charge < -0.3 is 10.4 Å². The zero-order valence-corrected chi connectivity index (χ0v) is 14.7. The van der Waals surface area contributed by atoms with Crippen molar-refractivity contribution in [1.29, 1.82) is 0 Å². The van der Waals surface area contributed by atoms with E-state index in [4.69, 9.17) is 0 Å². The summed E-state index contributed by atoms with van der Waals surface area (Å²) in [5, 5.41) is 12.9. The van der Waals surface area contributed by atoms with Gasteiger partial charge in [0.15, 0.2) is 5.75 Å². The van der Waals surface area contributed by atoms with Gasteiger partial charge in [0, 0.05) is 5.56 Å². The fraction of sp³-hybridized carbons (Fsp3) is 0.316. The quantitative estimate of drug-likeness (QED) is 0.710. The standard InChI is InChI=1S/C19H20BrNO2/c1-12-9-16(20)18(22)17(10-12)21-19(23)15-8-4-7-14(11-15)13-5-2-3-6-13/h4,7-11,13,22H,2-3,5-6H2,1H3,(H,21,23). The zero-order chi connectivity index (χ0) is 16.4. The summed E-state index contributed by atoms with van der Waals surface area (Å²) in [4.78, 5) is 12.5. The Morgan fingerprint density at radius 3 is 2.70 bits per heavy atom. The minimum Gasteiger partial charge on any atom is -0.505 e. The van der Waals surface area contributed by atoms with Gasteiger partial charge in [-0.25, -0.2) is 0 Å². The molecule has 2 aromatic carbocycles. The normalized spacial score (nSPS) is 14.9. The number of rotatable bonds is 3. The van der Waals surface area contributed by atoms with Gasteiger partial charge in [-0.1, -0.05) is 25.0 Å². The number of phenols is 1. The predicted octanol–water partition coefficient (Wildman–Crippen LogP) is 5.37. The van der Waals surface area contributed by atoms with E-state index in [0.29, 0.717) is 21.6 Å². The van der Waals surface area contributed by atoms with Crippen molar-refractivity contribution in [3.8, 4) is 5.75 Å². The van der Waals surface area contributed by atoms with Gasteiger partial charge in [0.1, 0.15) is 0 Å². The molecule has 120 valence electrons. The second-order valence-electron chi connectivity index (χ2n) is 6.20. The van der Waals surface area contributed by atoms with Crippen molar-refractivity contribution in [3.05, 3.63) is 57.6 Å². The van der Waals surface area contributed by atoms with Crippen LogP contribution in [0.2, 0.25) is 0 Å². The van der Waals surface area contributed by atoms with Crippen molar-refractivity contribution in [1.82, 2.24) is 0 Å². The first kappa shape index (κ1) is 16.1. The van der Waals surface area contributed by atoms with Crippen LogP contribution < -0.4 is 5.32 Å². The summed E-state index contributed by atoms with van der Waals surface area (Å²) in [5.41, 5.74) is 3.26. The molecule has 0 unspecified atom stereocenters. The van der Waals surface area contributed by atoms with E-state index in [1.807, 2.05) is 31.2 Å². The topological polar surface area (TPSA) is 49.3 Å². The van der Waals surface area contributed by atoms with E-state index in [0.717, 1.165) is 5.56 Å². The third kappa shape index (κ3) is 3.58. The number of amides is 1. The number of phenolic OH excluding ortho intramolecular Hbond substituents is 1. The van der Waals surface area contributed by atoms with Crippen molar-refractivity contribution >= 4 is 27.5 Å². The maximum absolute atomic E-state index is 12.5. The lowest BCUT2D eigenvalue weighted by Gasteiger charge is -2.13. The molecule has 0 aromatic heterocycles. The molecule has 0 radical (unpaired) electrons. The van der Waals surface area contributed by atoms with Crippen LogP contribution >= 0.6 is 15.9 Å². The first-order valence-electron chi connectivity index (χ1n) is 7.95. The molecule has 0 heterocycles. The first-order chi connectivity index (χ1) is 11.0. The van der Waals surface area contributed by atoms with Gasteiger partial charge >= 0.3 is 0 Å².